The second kappa shape index (κ2) is 7.20. The van der Waals surface area contributed by atoms with Gasteiger partial charge in [-0.05, 0) is 52.0 Å². The molecule has 0 bridgehead atoms. The van der Waals surface area contributed by atoms with E-state index in [1.165, 1.54) is 0 Å². The Morgan fingerprint density at radius 2 is 2.08 bits per heavy atom. The van der Waals surface area contributed by atoms with Crippen molar-refractivity contribution in [3.63, 3.8) is 0 Å². The molecule has 1 atom stereocenters. The van der Waals surface area contributed by atoms with Gasteiger partial charge in [0.05, 0.1) is 17.7 Å². The number of ether oxygens (including phenoxy) is 2. The SMILES string of the molecule is CCOc1ccc(C(=O)N[C@@H]2CC(C)(C)Oc3ccc(C)cc32)cc1Cl. The number of hydrogen-bond acceptors (Lipinski definition) is 3. The van der Waals surface area contributed by atoms with Crippen molar-refractivity contribution in [2.75, 3.05) is 6.61 Å². The molecule has 1 aliphatic heterocycles. The molecule has 1 N–H and O–H groups in total. The Kier molecular flexibility index (Phi) is 5.15. The summed E-state index contributed by atoms with van der Waals surface area (Å²) in [5.41, 5.74) is 2.30. The largest absolute Gasteiger partial charge is 0.492 e. The van der Waals surface area contributed by atoms with E-state index in [9.17, 15) is 4.79 Å². The van der Waals surface area contributed by atoms with Gasteiger partial charge in [-0.3, -0.25) is 4.79 Å². The van der Waals surface area contributed by atoms with Crippen LogP contribution >= 0.6 is 11.6 Å². The summed E-state index contributed by atoms with van der Waals surface area (Å²) in [6, 6.07) is 11.0. The summed E-state index contributed by atoms with van der Waals surface area (Å²) in [7, 11) is 0. The Morgan fingerprint density at radius 3 is 2.77 bits per heavy atom. The molecule has 0 saturated heterocycles. The number of carbonyl (C=O) groups excluding carboxylic acids is 1. The highest BCUT2D eigenvalue weighted by Crippen LogP contribution is 2.40. The molecule has 0 saturated carbocycles. The van der Waals surface area contributed by atoms with Crippen LogP contribution in [-0.4, -0.2) is 18.1 Å². The molecule has 0 spiro atoms. The van der Waals surface area contributed by atoms with E-state index in [4.69, 9.17) is 21.1 Å². The van der Waals surface area contributed by atoms with Gasteiger partial charge in [-0.15, -0.1) is 0 Å². The number of carbonyl (C=O) groups is 1. The van der Waals surface area contributed by atoms with Crippen LogP contribution in [0.2, 0.25) is 5.02 Å². The number of amides is 1. The molecular formula is C21H24ClNO3. The zero-order valence-corrected chi connectivity index (χ0v) is 16.3. The highest BCUT2D eigenvalue weighted by molar-refractivity contribution is 6.32. The molecule has 0 aromatic heterocycles. The van der Waals surface area contributed by atoms with E-state index < -0.39 is 0 Å². The fraction of sp³-hybridized carbons (Fsp3) is 0.381. The molecule has 0 unspecified atom stereocenters. The number of aryl methyl sites for hydroxylation is 1. The average Bonchev–Trinajstić information content (AvgIpc) is 2.56. The smallest absolute Gasteiger partial charge is 0.251 e. The van der Waals surface area contributed by atoms with E-state index >= 15 is 0 Å². The Balaban J connectivity index is 1.85. The van der Waals surface area contributed by atoms with Gasteiger partial charge in [0.25, 0.3) is 5.91 Å². The molecule has 4 nitrogen and oxygen atoms in total. The second-order valence-electron chi connectivity index (χ2n) is 7.21. The maximum Gasteiger partial charge on any atom is 0.251 e. The van der Waals surface area contributed by atoms with Crippen LogP contribution in [0.4, 0.5) is 0 Å². The van der Waals surface area contributed by atoms with E-state index in [2.05, 4.69) is 11.4 Å². The summed E-state index contributed by atoms with van der Waals surface area (Å²) >= 11 is 6.22. The number of hydrogen-bond donors (Lipinski definition) is 1. The van der Waals surface area contributed by atoms with E-state index in [1.807, 2.05) is 39.8 Å². The van der Waals surface area contributed by atoms with Crippen LogP contribution in [0, 0.1) is 6.92 Å². The lowest BCUT2D eigenvalue weighted by Gasteiger charge is -2.38. The maximum atomic E-state index is 12.8. The Morgan fingerprint density at radius 1 is 1.31 bits per heavy atom. The highest BCUT2D eigenvalue weighted by Gasteiger charge is 2.34. The van der Waals surface area contributed by atoms with Crippen LogP contribution < -0.4 is 14.8 Å². The van der Waals surface area contributed by atoms with Crippen LogP contribution in [0.25, 0.3) is 0 Å². The lowest BCUT2D eigenvalue weighted by Crippen LogP contribution is -2.41. The van der Waals surface area contributed by atoms with Crippen molar-refractivity contribution < 1.29 is 14.3 Å². The van der Waals surface area contributed by atoms with Crippen LogP contribution in [-0.2, 0) is 0 Å². The Labute approximate surface area is 159 Å². The Hall–Kier alpha value is -2.20. The molecule has 2 aromatic carbocycles. The molecule has 5 heteroatoms. The number of nitrogens with one attached hydrogen (secondary N) is 1. The first-order valence-electron chi connectivity index (χ1n) is 8.82. The van der Waals surface area contributed by atoms with Crippen molar-refractivity contribution in [1.82, 2.24) is 5.32 Å². The zero-order chi connectivity index (χ0) is 18.9. The first-order valence-corrected chi connectivity index (χ1v) is 9.19. The van der Waals surface area contributed by atoms with Gasteiger partial charge in [-0.2, -0.15) is 0 Å². The molecule has 0 fully saturated rings. The van der Waals surface area contributed by atoms with Gasteiger partial charge in [0.2, 0.25) is 0 Å². The fourth-order valence-electron chi connectivity index (χ4n) is 3.26. The van der Waals surface area contributed by atoms with Crippen molar-refractivity contribution in [2.45, 2.75) is 45.8 Å². The van der Waals surface area contributed by atoms with Crippen LogP contribution in [0.15, 0.2) is 36.4 Å². The minimum absolute atomic E-state index is 0.119. The third kappa shape index (κ3) is 3.96. The lowest BCUT2D eigenvalue weighted by atomic mass is 9.88. The number of halogens is 1. The van der Waals surface area contributed by atoms with E-state index in [0.717, 1.165) is 16.9 Å². The summed E-state index contributed by atoms with van der Waals surface area (Å²) in [4.78, 5) is 12.8. The van der Waals surface area contributed by atoms with E-state index in [-0.39, 0.29) is 17.6 Å². The molecular weight excluding hydrogens is 350 g/mol. The summed E-state index contributed by atoms with van der Waals surface area (Å²) < 4.78 is 11.5. The van der Waals surface area contributed by atoms with Crippen molar-refractivity contribution in [1.29, 1.82) is 0 Å². The van der Waals surface area contributed by atoms with Gasteiger partial charge in [0.1, 0.15) is 17.1 Å². The first kappa shape index (κ1) is 18.6. The molecule has 1 heterocycles. The van der Waals surface area contributed by atoms with E-state index in [0.29, 0.717) is 29.4 Å². The predicted molar refractivity (Wildman–Crippen MR) is 103 cm³/mol. The minimum atomic E-state index is -0.351. The quantitative estimate of drug-likeness (QED) is 0.812. The van der Waals surface area contributed by atoms with Gasteiger partial charge < -0.3 is 14.8 Å². The van der Waals surface area contributed by atoms with Gasteiger partial charge in [-0.1, -0.05) is 29.3 Å². The molecule has 3 rings (SSSR count). The molecule has 0 aliphatic carbocycles. The number of fused-ring (bicyclic) bond motifs is 1. The predicted octanol–water partition coefficient (Wildman–Crippen LogP) is 5.08. The van der Waals surface area contributed by atoms with Crippen LogP contribution in [0.1, 0.15) is 54.7 Å². The number of benzene rings is 2. The van der Waals surface area contributed by atoms with Gasteiger partial charge >= 0.3 is 0 Å². The third-order valence-electron chi connectivity index (χ3n) is 4.42. The molecule has 1 aliphatic rings. The maximum absolute atomic E-state index is 12.8. The summed E-state index contributed by atoms with van der Waals surface area (Å²) in [5, 5.41) is 3.57. The molecule has 2 aromatic rings. The Bertz CT molecular complexity index is 832. The monoisotopic (exact) mass is 373 g/mol. The van der Waals surface area contributed by atoms with Crippen molar-refractivity contribution in [3.8, 4) is 11.5 Å². The lowest BCUT2D eigenvalue weighted by molar-refractivity contribution is 0.0619. The first-order chi connectivity index (χ1) is 12.3. The summed E-state index contributed by atoms with van der Waals surface area (Å²) in [6.07, 6.45) is 0.694. The van der Waals surface area contributed by atoms with Crippen molar-refractivity contribution in [3.05, 3.63) is 58.1 Å². The van der Waals surface area contributed by atoms with Gasteiger partial charge in [-0.25, -0.2) is 0 Å². The normalized spacial score (nSPS) is 17.8. The average molecular weight is 374 g/mol. The van der Waals surface area contributed by atoms with Crippen LogP contribution in [0.5, 0.6) is 11.5 Å². The summed E-state index contributed by atoms with van der Waals surface area (Å²) in [6.45, 7) is 8.51. The molecule has 138 valence electrons. The van der Waals surface area contributed by atoms with Gasteiger partial charge in [0, 0.05) is 17.5 Å². The van der Waals surface area contributed by atoms with Crippen molar-refractivity contribution >= 4 is 17.5 Å². The second-order valence-corrected chi connectivity index (χ2v) is 7.62. The standard InChI is InChI=1S/C21H24ClNO3/c1-5-25-19-9-7-14(11-16(19)22)20(24)23-17-12-21(3,4)26-18-8-6-13(2)10-15(17)18/h6-11,17H,5,12H2,1-4H3,(H,23,24)/t17-/m1/s1. The minimum Gasteiger partial charge on any atom is -0.492 e. The van der Waals surface area contributed by atoms with Crippen molar-refractivity contribution in [2.24, 2.45) is 0 Å². The van der Waals surface area contributed by atoms with Crippen LogP contribution in [0.3, 0.4) is 0 Å². The third-order valence-corrected chi connectivity index (χ3v) is 4.72. The highest BCUT2D eigenvalue weighted by atomic mass is 35.5. The van der Waals surface area contributed by atoms with Gasteiger partial charge in [0.15, 0.2) is 0 Å². The molecule has 0 radical (unpaired) electrons. The topological polar surface area (TPSA) is 47.6 Å². The molecule has 1 amide bonds. The van der Waals surface area contributed by atoms with E-state index in [1.54, 1.807) is 18.2 Å². The number of rotatable bonds is 4. The zero-order valence-electron chi connectivity index (χ0n) is 15.6. The molecule has 26 heavy (non-hydrogen) atoms. The summed E-state index contributed by atoms with van der Waals surface area (Å²) in [5.74, 6) is 1.24. The fourth-order valence-corrected chi connectivity index (χ4v) is 3.49.